The highest BCUT2D eigenvalue weighted by molar-refractivity contribution is 7.99. The Morgan fingerprint density at radius 1 is 1.00 bits per heavy atom. The molecule has 0 aromatic heterocycles. The molecule has 2 aromatic carbocycles. The Morgan fingerprint density at radius 3 is 2.50 bits per heavy atom. The van der Waals surface area contributed by atoms with Gasteiger partial charge in [-0.25, -0.2) is 0 Å². The third-order valence-corrected chi connectivity index (χ3v) is 3.64. The summed E-state index contributed by atoms with van der Waals surface area (Å²) < 4.78 is 0. The van der Waals surface area contributed by atoms with Crippen LogP contribution in [0, 0.1) is 0 Å². The van der Waals surface area contributed by atoms with E-state index in [-0.39, 0.29) is 0 Å². The summed E-state index contributed by atoms with van der Waals surface area (Å²) in [4.78, 5) is 1.27. The Kier molecular flexibility index (Phi) is 4.91. The number of nitrogens with one attached hydrogen (secondary N) is 1. The summed E-state index contributed by atoms with van der Waals surface area (Å²) in [6.07, 6.45) is 1.93. The second kappa shape index (κ2) is 6.92. The maximum atomic E-state index is 3.76. The summed E-state index contributed by atoms with van der Waals surface area (Å²) in [6, 6.07) is 18.8. The highest BCUT2D eigenvalue weighted by Crippen LogP contribution is 2.27. The van der Waals surface area contributed by atoms with Crippen LogP contribution in [-0.2, 0) is 6.54 Å². The van der Waals surface area contributed by atoms with Crippen LogP contribution in [-0.4, -0.2) is 5.75 Å². The van der Waals surface area contributed by atoms with Gasteiger partial charge in [0.2, 0.25) is 0 Å². The molecule has 0 amide bonds. The van der Waals surface area contributed by atoms with Crippen molar-refractivity contribution < 1.29 is 0 Å². The molecule has 2 heteroatoms. The van der Waals surface area contributed by atoms with Crippen LogP contribution in [0.4, 0.5) is 5.69 Å². The number of benzene rings is 2. The largest absolute Gasteiger partial charge is 0.380 e. The average Bonchev–Trinajstić information content (AvgIpc) is 2.45. The lowest BCUT2D eigenvalue weighted by molar-refractivity contribution is 1.13. The van der Waals surface area contributed by atoms with Gasteiger partial charge in [-0.1, -0.05) is 48.5 Å². The average molecular weight is 255 g/mol. The van der Waals surface area contributed by atoms with E-state index in [4.69, 9.17) is 0 Å². The number of hydrogen-bond donors (Lipinski definition) is 1. The molecule has 2 aromatic rings. The second-order valence-electron chi connectivity index (χ2n) is 3.93. The Morgan fingerprint density at radius 2 is 1.72 bits per heavy atom. The second-order valence-corrected chi connectivity index (χ2v) is 5.00. The standard InChI is InChI=1S/C16H17NS/c1-2-12-18-16-11-7-6-10-15(16)17-13-14-8-4-3-5-9-14/h2-11,17H,1,12-13H2. The Balaban J connectivity index is 2.02. The predicted molar refractivity (Wildman–Crippen MR) is 81.1 cm³/mol. The van der Waals surface area contributed by atoms with Crippen molar-refractivity contribution in [3.63, 3.8) is 0 Å². The molecule has 0 spiro atoms. The molecule has 0 atom stereocenters. The summed E-state index contributed by atoms with van der Waals surface area (Å²) in [5, 5.41) is 3.48. The molecule has 0 bridgehead atoms. The van der Waals surface area contributed by atoms with Gasteiger partial charge in [0.1, 0.15) is 0 Å². The normalized spacial score (nSPS) is 10.0. The van der Waals surface area contributed by atoms with E-state index in [0.29, 0.717) is 0 Å². The van der Waals surface area contributed by atoms with Crippen LogP contribution in [0.15, 0.2) is 72.1 Å². The molecule has 18 heavy (non-hydrogen) atoms. The van der Waals surface area contributed by atoms with E-state index < -0.39 is 0 Å². The highest BCUT2D eigenvalue weighted by Gasteiger charge is 2.00. The first kappa shape index (κ1) is 12.8. The minimum atomic E-state index is 0.854. The molecule has 0 heterocycles. The smallest absolute Gasteiger partial charge is 0.0481 e. The van der Waals surface area contributed by atoms with Crippen LogP contribution in [0.1, 0.15) is 5.56 Å². The van der Waals surface area contributed by atoms with E-state index in [9.17, 15) is 0 Å². The quantitative estimate of drug-likeness (QED) is 0.599. The van der Waals surface area contributed by atoms with Gasteiger partial charge in [0.15, 0.2) is 0 Å². The third-order valence-electron chi connectivity index (χ3n) is 2.57. The van der Waals surface area contributed by atoms with E-state index in [1.807, 2.05) is 12.1 Å². The maximum Gasteiger partial charge on any atom is 0.0481 e. The van der Waals surface area contributed by atoms with E-state index in [2.05, 4.69) is 60.4 Å². The topological polar surface area (TPSA) is 12.0 Å². The molecular formula is C16H17NS. The van der Waals surface area contributed by atoms with Gasteiger partial charge in [-0.15, -0.1) is 18.3 Å². The minimum Gasteiger partial charge on any atom is -0.380 e. The van der Waals surface area contributed by atoms with Gasteiger partial charge in [-0.05, 0) is 17.7 Å². The van der Waals surface area contributed by atoms with Crippen LogP contribution < -0.4 is 5.32 Å². The molecule has 1 N–H and O–H groups in total. The Bertz CT molecular complexity index is 493. The van der Waals surface area contributed by atoms with E-state index in [1.165, 1.54) is 16.1 Å². The third kappa shape index (κ3) is 3.67. The van der Waals surface area contributed by atoms with Gasteiger partial charge in [0.25, 0.3) is 0 Å². The number of hydrogen-bond acceptors (Lipinski definition) is 2. The highest BCUT2D eigenvalue weighted by atomic mass is 32.2. The van der Waals surface area contributed by atoms with Crippen LogP contribution >= 0.6 is 11.8 Å². The molecule has 2 rings (SSSR count). The maximum absolute atomic E-state index is 3.76. The fraction of sp³-hybridized carbons (Fsp3) is 0.125. The number of anilines is 1. The van der Waals surface area contributed by atoms with Crippen molar-refractivity contribution in [2.45, 2.75) is 11.4 Å². The van der Waals surface area contributed by atoms with Gasteiger partial charge in [-0.2, -0.15) is 0 Å². The van der Waals surface area contributed by atoms with E-state index in [0.717, 1.165) is 12.3 Å². The summed E-state index contributed by atoms with van der Waals surface area (Å²) in [5.41, 5.74) is 2.48. The zero-order valence-electron chi connectivity index (χ0n) is 10.3. The van der Waals surface area contributed by atoms with Crippen LogP contribution in [0.5, 0.6) is 0 Å². The molecule has 0 saturated carbocycles. The molecule has 0 fully saturated rings. The van der Waals surface area contributed by atoms with Gasteiger partial charge < -0.3 is 5.32 Å². The zero-order valence-corrected chi connectivity index (χ0v) is 11.1. The van der Waals surface area contributed by atoms with Crippen molar-refractivity contribution >= 4 is 17.4 Å². The molecule has 0 aliphatic rings. The van der Waals surface area contributed by atoms with Crippen molar-refractivity contribution in [2.24, 2.45) is 0 Å². The SMILES string of the molecule is C=CCSc1ccccc1NCc1ccccc1. The van der Waals surface area contributed by atoms with Gasteiger partial charge >= 0.3 is 0 Å². The molecule has 0 saturated heterocycles. The first-order valence-electron chi connectivity index (χ1n) is 6.00. The lowest BCUT2D eigenvalue weighted by Gasteiger charge is -2.11. The molecular weight excluding hydrogens is 238 g/mol. The first-order valence-corrected chi connectivity index (χ1v) is 6.99. The monoisotopic (exact) mass is 255 g/mol. The molecule has 92 valence electrons. The van der Waals surface area contributed by atoms with Crippen LogP contribution in [0.2, 0.25) is 0 Å². The fourth-order valence-corrected chi connectivity index (χ4v) is 2.45. The van der Waals surface area contributed by atoms with E-state index in [1.54, 1.807) is 11.8 Å². The first-order chi connectivity index (χ1) is 8.90. The van der Waals surface area contributed by atoms with Gasteiger partial charge in [-0.3, -0.25) is 0 Å². The molecule has 1 nitrogen and oxygen atoms in total. The molecule has 0 radical (unpaired) electrons. The van der Waals surface area contributed by atoms with Gasteiger partial charge in [0.05, 0.1) is 0 Å². The summed E-state index contributed by atoms with van der Waals surface area (Å²) in [7, 11) is 0. The van der Waals surface area contributed by atoms with Crippen molar-refractivity contribution in [1.82, 2.24) is 0 Å². The number of thioether (sulfide) groups is 1. The molecule has 0 aliphatic carbocycles. The minimum absolute atomic E-state index is 0.854. The summed E-state index contributed by atoms with van der Waals surface area (Å²) in [6.45, 7) is 4.61. The van der Waals surface area contributed by atoms with Crippen LogP contribution in [0.25, 0.3) is 0 Å². The predicted octanol–water partition coefficient (Wildman–Crippen LogP) is 4.58. The van der Waals surface area contributed by atoms with E-state index >= 15 is 0 Å². The van der Waals surface area contributed by atoms with Crippen molar-refractivity contribution in [3.05, 3.63) is 72.8 Å². The Hall–Kier alpha value is -1.67. The zero-order chi connectivity index (χ0) is 12.6. The van der Waals surface area contributed by atoms with Crippen molar-refractivity contribution in [3.8, 4) is 0 Å². The van der Waals surface area contributed by atoms with Crippen molar-refractivity contribution in [1.29, 1.82) is 0 Å². The fourth-order valence-electron chi connectivity index (χ4n) is 1.68. The molecule has 0 aliphatic heterocycles. The van der Waals surface area contributed by atoms with Crippen molar-refractivity contribution in [2.75, 3.05) is 11.1 Å². The summed E-state index contributed by atoms with van der Waals surface area (Å²) >= 11 is 1.80. The Labute approximate surface area is 113 Å². The summed E-state index contributed by atoms with van der Waals surface area (Å²) in [5.74, 6) is 0.935. The number of rotatable bonds is 6. The van der Waals surface area contributed by atoms with Crippen LogP contribution in [0.3, 0.4) is 0 Å². The van der Waals surface area contributed by atoms with Gasteiger partial charge in [0, 0.05) is 22.9 Å². The lowest BCUT2D eigenvalue weighted by Crippen LogP contribution is -2.00. The number of para-hydroxylation sites is 1. The molecule has 0 unspecified atom stereocenters. The lowest BCUT2D eigenvalue weighted by atomic mass is 10.2.